The van der Waals surface area contributed by atoms with Gasteiger partial charge in [0.05, 0.1) is 5.60 Å². The number of benzene rings is 1. The molecule has 1 heteroatoms. The van der Waals surface area contributed by atoms with Crippen LogP contribution in [0.4, 0.5) is 0 Å². The third kappa shape index (κ3) is 1.57. The zero-order chi connectivity index (χ0) is 10.2. The van der Waals surface area contributed by atoms with Crippen molar-refractivity contribution in [1.29, 1.82) is 0 Å². The summed E-state index contributed by atoms with van der Waals surface area (Å²) >= 11 is 0. The van der Waals surface area contributed by atoms with Gasteiger partial charge in [0, 0.05) is 0 Å². The minimum atomic E-state index is -0.532. The monoisotopic (exact) mass is 190 g/mol. The fourth-order valence-corrected chi connectivity index (χ4v) is 2.26. The lowest BCUT2D eigenvalue weighted by molar-refractivity contribution is -0.0933. The largest absolute Gasteiger partial charge is 0.385 e. The Hall–Kier alpha value is -0.820. The van der Waals surface area contributed by atoms with E-state index < -0.39 is 5.60 Å². The van der Waals surface area contributed by atoms with Gasteiger partial charge in [-0.3, -0.25) is 0 Å². The summed E-state index contributed by atoms with van der Waals surface area (Å²) in [5.74, 6) is 1.39. The zero-order valence-corrected chi connectivity index (χ0v) is 8.90. The van der Waals surface area contributed by atoms with Gasteiger partial charge in [0.2, 0.25) is 0 Å². The Balaban J connectivity index is 2.08. The second kappa shape index (κ2) is 3.39. The van der Waals surface area contributed by atoms with E-state index in [1.54, 1.807) is 0 Å². The summed E-state index contributed by atoms with van der Waals surface area (Å²) in [6, 6.07) is 10.0. The molecule has 1 aromatic rings. The van der Waals surface area contributed by atoms with Crippen LogP contribution in [0.2, 0.25) is 0 Å². The van der Waals surface area contributed by atoms with Gasteiger partial charge in [-0.2, -0.15) is 0 Å². The molecular formula is C13H18O. The lowest BCUT2D eigenvalue weighted by Crippen LogP contribution is -2.43. The van der Waals surface area contributed by atoms with Gasteiger partial charge in [-0.25, -0.2) is 0 Å². The van der Waals surface area contributed by atoms with E-state index in [9.17, 15) is 5.11 Å². The molecule has 0 aliphatic heterocycles. The van der Waals surface area contributed by atoms with E-state index in [1.807, 2.05) is 30.3 Å². The lowest BCUT2D eigenvalue weighted by atomic mass is 9.63. The van der Waals surface area contributed by atoms with Crippen molar-refractivity contribution < 1.29 is 5.11 Å². The van der Waals surface area contributed by atoms with Gasteiger partial charge >= 0.3 is 0 Å². The van der Waals surface area contributed by atoms with E-state index in [-0.39, 0.29) is 0 Å². The summed E-state index contributed by atoms with van der Waals surface area (Å²) in [4.78, 5) is 0. The van der Waals surface area contributed by atoms with E-state index in [0.29, 0.717) is 11.8 Å². The predicted molar refractivity (Wildman–Crippen MR) is 57.9 cm³/mol. The summed E-state index contributed by atoms with van der Waals surface area (Å²) in [5.41, 5.74) is 0.549. The Morgan fingerprint density at radius 1 is 1.21 bits per heavy atom. The van der Waals surface area contributed by atoms with Crippen molar-refractivity contribution in [2.75, 3.05) is 0 Å². The van der Waals surface area contributed by atoms with Crippen molar-refractivity contribution >= 4 is 0 Å². The molecule has 1 aliphatic rings. The van der Waals surface area contributed by atoms with Crippen molar-refractivity contribution in [2.24, 2.45) is 11.8 Å². The molecular weight excluding hydrogens is 172 g/mol. The predicted octanol–water partition coefficient (Wildman–Crippen LogP) is 2.94. The highest BCUT2D eigenvalue weighted by molar-refractivity contribution is 5.25. The van der Waals surface area contributed by atoms with Crippen LogP contribution in [-0.4, -0.2) is 5.11 Å². The van der Waals surface area contributed by atoms with E-state index in [2.05, 4.69) is 13.8 Å². The van der Waals surface area contributed by atoms with E-state index >= 15 is 0 Å². The molecule has 1 nitrogen and oxygen atoms in total. The Kier molecular flexibility index (Phi) is 2.36. The van der Waals surface area contributed by atoms with Gasteiger partial charge in [0.1, 0.15) is 0 Å². The van der Waals surface area contributed by atoms with E-state index in [1.165, 1.54) is 0 Å². The van der Waals surface area contributed by atoms with Crippen LogP contribution in [-0.2, 0) is 5.60 Å². The van der Waals surface area contributed by atoms with Gasteiger partial charge in [0.15, 0.2) is 0 Å². The molecule has 14 heavy (non-hydrogen) atoms. The molecule has 1 fully saturated rings. The molecule has 0 bridgehead atoms. The molecule has 0 spiro atoms. The fraction of sp³-hybridized carbons (Fsp3) is 0.538. The highest BCUT2D eigenvalue weighted by Gasteiger charge is 2.44. The van der Waals surface area contributed by atoms with Crippen molar-refractivity contribution in [2.45, 2.75) is 32.3 Å². The molecule has 76 valence electrons. The zero-order valence-electron chi connectivity index (χ0n) is 8.90. The minimum absolute atomic E-state index is 0.532. The van der Waals surface area contributed by atoms with Gasteiger partial charge < -0.3 is 5.11 Å². The van der Waals surface area contributed by atoms with Crippen LogP contribution in [0.15, 0.2) is 30.3 Å². The third-order valence-electron chi connectivity index (χ3n) is 3.45. The van der Waals surface area contributed by atoms with Crippen molar-refractivity contribution in [1.82, 2.24) is 0 Å². The first-order chi connectivity index (χ1) is 6.62. The first-order valence-electron chi connectivity index (χ1n) is 5.40. The lowest BCUT2D eigenvalue weighted by Gasteiger charge is -2.46. The molecule has 0 unspecified atom stereocenters. The molecule has 0 atom stereocenters. The van der Waals surface area contributed by atoms with Gasteiger partial charge in [-0.05, 0) is 30.2 Å². The summed E-state index contributed by atoms with van der Waals surface area (Å²) in [6.45, 7) is 4.46. The van der Waals surface area contributed by atoms with E-state index in [4.69, 9.17) is 0 Å². The number of rotatable bonds is 2. The molecule has 0 aromatic heterocycles. The minimum Gasteiger partial charge on any atom is -0.385 e. The van der Waals surface area contributed by atoms with Crippen LogP contribution < -0.4 is 0 Å². The summed E-state index contributed by atoms with van der Waals surface area (Å²) < 4.78 is 0. The number of hydrogen-bond donors (Lipinski definition) is 1. The van der Waals surface area contributed by atoms with Crippen LogP contribution in [0, 0.1) is 11.8 Å². The molecule has 1 aromatic carbocycles. The summed E-state index contributed by atoms with van der Waals surface area (Å²) in [5, 5.41) is 10.3. The van der Waals surface area contributed by atoms with Crippen molar-refractivity contribution in [3.8, 4) is 0 Å². The molecule has 0 heterocycles. The van der Waals surface area contributed by atoms with Crippen LogP contribution in [0.3, 0.4) is 0 Å². The topological polar surface area (TPSA) is 20.2 Å². The Morgan fingerprint density at radius 2 is 1.79 bits per heavy atom. The quantitative estimate of drug-likeness (QED) is 0.760. The Labute approximate surface area is 85.8 Å². The smallest absolute Gasteiger partial charge is 0.0902 e. The highest BCUT2D eigenvalue weighted by atomic mass is 16.3. The maximum atomic E-state index is 10.3. The second-order valence-electron chi connectivity index (χ2n) is 4.81. The average molecular weight is 190 g/mol. The molecule has 0 radical (unpaired) electrons. The summed E-state index contributed by atoms with van der Waals surface area (Å²) in [7, 11) is 0. The van der Waals surface area contributed by atoms with Crippen molar-refractivity contribution in [3.05, 3.63) is 35.9 Å². The average Bonchev–Trinajstić information content (AvgIpc) is 2.14. The Morgan fingerprint density at radius 3 is 2.29 bits per heavy atom. The fourth-order valence-electron chi connectivity index (χ4n) is 2.26. The standard InChI is InChI=1S/C13H18O/c1-10(2)11-8-13(14,9-11)12-6-4-3-5-7-12/h3-7,10-11,14H,8-9H2,1-2H3. The second-order valence-corrected chi connectivity index (χ2v) is 4.81. The first-order valence-corrected chi connectivity index (χ1v) is 5.40. The molecule has 1 N–H and O–H groups in total. The van der Waals surface area contributed by atoms with Crippen LogP contribution in [0.5, 0.6) is 0 Å². The first kappa shape index (κ1) is 9.72. The normalized spacial score (nSPS) is 31.6. The van der Waals surface area contributed by atoms with Gasteiger partial charge in [-0.15, -0.1) is 0 Å². The molecule has 1 aliphatic carbocycles. The molecule has 0 amide bonds. The van der Waals surface area contributed by atoms with E-state index in [0.717, 1.165) is 18.4 Å². The Bertz CT molecular complexity index is 296. The van der Waals surface area contributed by atoms with Crippen LogP contribution in [0.25, 0.3) is 0 Å². The van der Waals surface area contributed by atoms with Crippen molar-refractivity contribution in [3.63, 3.8) is 0 Å². The van der Waals surface area contributed by atoms with Gasteiger partial charge in [-0.1, -0.05) is 44.2 Å². The number of aliphatic hydroxyl groups is 1. The maximum Gasteiger partial charge on any atom is 0.0902 e. The molecule has 1 saturated carbocycles. The van der Waals surface area contributed by atoms with Crippen LogP contribution in [0.1, 0.15) is 32.3 Å². The number of hydrogen-bond acceptors (Lipinski definition) is 1. The van der Waals surface area contributed by atoms with Gasteiger partial charge in [0.25, 0.3) is 0 Å². The SMILES string of the molecule is CC(C)C1CC(O)(c2ccccc2)C1. The highest BCUT2D eigenvalue weighted by Crippen LogP contribution is 2.48. The van der Waals surface area contributed by atoms with Crippen LogP contribution >= 0.6 is 0 Å². The summed E-state index contributed by atoms with van der Waals surface area (Å²) in [6.07, 6.45) is 1.85. The molecule has 0 saturated heterocycles. The third-order valence-corrected chi connectivity index (χ3v) is 3.45. The maximum absolute atomic E-state index is 10.3. The molecule has 2 rings (SSSR count).